The molecule has 0 spiro atoms. The van der Waals surface area contributed by atoms with Crippen LogP contribution in [0.15, 0.2) is 35.5 Å². The molecule has 0 heterocycles. The second kappa shape index (κ2) is 13.8. The van der Waals surface area contributed by atoms with Crippen LogP contribution in [-0.2, 0) is 18.8 Å². The largest absolute Gasteiger partial charge is 0.469 e. The van der Waals surface area contributed by atoms with Crippen LogP contribution in [0.3, 0.4) is 0 Å². The molecule has 0 aromatic heterocycles. The fourth-order valence-electron chi connectivity index (χ4n) is 3.86. The third-order valence-electron chi connectivity index (χ3n) is 7.06. The van der Waals surface area contributed by atoms with Crippen molar-refractivity contribution < 1.29 is 31.9 Å². The van der Waals surface area contributed by atoms with Crippen molar-refractivity contribution >= 4 is 20.1 Å². The van der Waals surface area contributed by atoms with E-state index in [-0.39, 0.29) is 16.6 Å². The monoisotopic (exact) mass is 530 g/mol. The highest BCUT2D eigenvalue weighted by molar-refractivity contribution is 6.74. The number of hydrogen-bond donors (Lipinski definition) is 0. The molecule has 1 aliphatic carbocycles. The van der Waals surface area contributed by atoms with E-state index in [1.54, 1.807) is 12.2 Å². The summed E-state index contributed by atoms with van der Waals surface area (Å²) in [6, 6.07) is 0. The molecule has 1 unspecified atom stereocenters. The summed E-state index contributed by atoms with van der Waals surface area (Å²) in [5.41, 5.74) is -2.63. The number of unbranched alkanes of at least 4 members (excludes halogenated alkanes) is 7. The zero-order chi connectivity index (χ0) is 27.6. The van der Waals surface area contributed by atoms with Gasteiger partial charge in [0, 0.05) is 12.0 Å². The summed E-state index contributed by atoms with van der Waals surface area (Å²) in [4.78, 5) is 24.4. The molecule has 0 bridgehead atoms. The molecule has 0 N–H and O–H groups in total. The molecule has 36 heavy (non-hydrogen) atoms. The van der Waals surface area contributed by atoms with Gasteiger partial charge in [-0.05, 0) is 62.4 Å². The Morgan fingerprint density at radius 1 is 1.03 bits per heavy atom. The minimum Gasteiger partial charge on any atom is -0.469 e. The number of hydrogen-bond acceptors (Lipinski definition) is 4. The van der Waals surface area contributed by atoms with E-state index in [2.05, 4.69) is 11.7 Å². The van der Waals surface area contributed by atoms with E-state index in [0.29, 0.717) is 38.5 Å². The summed E-state index contributed by atoms with van der Waals surface area (Å²) in [6.07, 6.45) is 9.01. The molecular weight excluding hydrogens is 485 g/mol. The Hall–Kier alpha value is -1.67. The first-order valence-corrected chi connectivity index (χ1v) is 16.0. The van der Waals surface area contributed by atoms with Crippen LogP contribution >= 0.6 is 0 Å². The second-order valence-corrected chi connectivity index (χ2v) is 15.8. The molecule has 1 aliphatic rings. The Balaban J connectivity index is 3.34. The minimum absolute atomic E-state index is 0.0532. The van der Waals surface area contributed by atoms with E-state index in [1.807, 2.05) is 39.9 Å². The quantitative estimate of drug-likeness (QED) is 0.0744. The zero-order valence-corrected chi connectivity index (χ0v) is 24.1. The van der Waals surface area contributed by atoms with Gasteiger partial charge in [-0.25, -0.2) is 0 Å². The number of carbonyl (C=O) groups excluding carboxylic acids is 2. The van der Waals surface area contributed by atoms with E-state index in [4.69, 9.17) is 4.43 Å². The Morgan fingerprint density at radius 3 is 2.19 bits per heavy atom. The van der Waals surface area contributed by atoms with E-state index in [1.165, 1.54) is 7.11 Å². The molecule has 0 amide bonds. The van der Waals surface area contributed by atoms with Crippen LogP contribution < -0.4 is 0 Å². The van der Waals surface area contributed by atoms with Crippen molar-refractivity contribution in [3.63, 3.8) is 0 Å². The maximum absolute atomic E-state index is 13.9. The van der Waals surface area contributed by atoms with Gasteiger partial charge in [0.25, 0.3) is 0 Å². The fourth-order valence-corrected chi connectivity index (χ4v) is 5.25. The molecule has 0 saturated heterocycles. The van der Waals surface area contributed by atoms with Crippen molar-refractivity contribution in [1.82, 2.24) is 0 Å². The molecule has 8 heteroatoms. The number of Topliss-reactive ketones (excluding diaryl/α,β-unsaturated/α-hetero) is 1. The number of halogens is 3. The van der Waals surface area contributed by atoms with E-state index < -0.39 is 31.5 Å². The second-order valence-electron chi connectivity index (χ2n) is 11.1. The minimum atomic E-state index is -4.76. The molecule has 206 valence electrons. The normalized spacial score (nSPS) is 20.4. The molecule has 1 rings (SSSR count). The summed E-state index contributed by atoms with van der Waals surface area (Å²) in [7, 11) is -1.23. The Labute approximate surface area is 216 Å². The number of ether oxygens (including phenoxy) is 1. The third kappa shape index (κ3) is 9.33. The first kappa shape index (κ1) is 32.4. The van der Waals surface area contributed by atoms with Crippen molar-refractivity contribution in [3.8, 4) is 0 Å². The lowest BCUT2D eigenvalue weighted by Crippen LogP contribution is -2.48. The first-order valence-electron chi connectivity index (χ1n) is 13.1. The standard InChI is InChI=1S/C28H45F3O4Si/c1-8-9-10-11-14-17-20-27(35-36(6,7)26(2,3)4)21-23(28(29,30)31)25(33)22(27)18-15-12-13-16-19-24(32)34-5/h17-18,20-21H,8-16,19H2,1-7H3/b20-17+,22-18-. The van der Waals surface area contributed by atoms with Crippen LogP contribution in [0.1, 0.15) is 91.9 Å². The average molecular weight is 531 g/mol. The van der Waals surface area contributed by atoms with Crippen LogP contribution in [0.4, 0.5) is 13.2 Å². The smallest absolute Gasteiger partial charge is 0.419 e. The average Bonchev–Trinajstić information content (AvgIpc) is 3.03. The molecule has 0 radical (unpaired) electrons. The summed E-state index contributed by atoms with van der Waals surface area (Å²) in [5, 5.41) is -0.258. The topological polar surface area (TPSA) is 52.6 Å². The summed E-state index contributed by atoms with van der Waals surface area (Å²) in [5.74, 6) is -1.30. The molecule has 1 atom stereocenters. The molecule has 4 nitrogen and oxygen atoms in total. The van der Waals surface area contributed by atoms with E-state index in [9.17, 15) is 22.8 Å². The number of ketones is 1. The van der Waals surface area contributed by atoms with E-state index in [0.717, 1.165) is 31.8 Å². The van der Waals surface area contributed by atoms with Gasteiger partial charge in [-0.15, -0.1) is 0 Å². The van der Waals surface area contributed by atoms with Crippen LogP contribution in [-0.4, -0.2) is 39.0 Å². The van der Waals surface area contributed by atoms with Crippen molar-refractivity contribution in [1.29, 1.82) is 0 Å². The number of alkyl halides is 3. The maximum atomic E-state index is 13.9. The lowest BCUT2D eigenvalue weighted by Gasteiger charge is -2.43. The van der Waals surface area contributed by atoms with Gasteiger partial charge in [-0.3, -0.25) is 9.59 Å². The van der Waals surface area contributed by atoms with Gasteiger partial charge in [-0.2, -0.15) is 13.2 Å². The highest BCUT2D eigenvalue weighted by Crippen LogP contribution is 2.47. The Kier molecular flexibility index (Phi) is 12.4. The zero-order valence-electron chi connectivity index (χ0n) is 23.1. The number of rotatable bonds is 14. The highest BCUT2D eigenvalue weighted by Gasteiger charge is 2.54. The lowest BCUT2D eigenvalue weighted by molar-refractivity contribution is -0.140. The van der Waals surface area contributed by atoms with Crippen molar-refractivity contribution in [2.75, 3.05) is 7.11 Å². The van der Waals surface area contributed by atoms with Gasteiger partial charge in [-0.1, -0.05) is 65.5 Å². The Bertz CT molecular complexity index is 835. The molecule has 0 saturated carbocycles. The molecular formula is C28H45F3O4Si. The number of allylic oxidation sites excluding steroid dienone is 3. The summed E-state index contributed by atoms with van der Waals surface area (Å²) in [6.45, 7) is 12.2. The Morgan fingerprint density at radius 2 is 1.64 bits per heavy atom. The number of esters is 1. The number of carbonyl (C=O) groups is 2. The van der Waals surface area contributed by atoms with Gasteiger partial charge in [0.15, 0.2) is 14.1 Å². The molecule has 0 aromatic carbocycles. The lowest BCUT2D eigenvalue weighted by atomic mass is 9.93. The van der Waals surface area contributed by atoms with Gasteiger partial charge in [0.05, 0.1) is 7.11 Å². The molecule has 0 aromatic rings. The molecule has 0 fully saturated rings. The van der Waals surface area contributed by atoms with Crippen LogP contribution in [0.5, 0.6) is 0 Å². The van der Waals surface area contributed by atoms with E-state index >= 15 is 0 Å². The van der Waals surface area contributed by atoms with Crippen molar-refractivity contribution in [2.24, 2.45) is 0 Å². The SMILES string of the molecule is CCCCCC/C=C/C1(O[Si](C)(C)C(C)(C)C)C=C(C(F)(F)F)C(=O)/C1=C/CCCCCC(=O)OC. The van der Waals surface area contributed by atoms with Gasteiger partial charge in [0.2, 0.25) is 0 Å². The predicted molar refractivity (Wildman–Crippen MR) is 141 cm³/mol. The van der Waals surface area contributed by atoms with Gasteiger partial charge >= 0.3 is 12.1 Å². The predicted octanol–water partition coefficient (Wildman–Crippen LogP) is 8.39. The van der Waals surface area contributed by atoms with Crippen LogP contribution in [0.2, 0.25) is 18.1 Å². The maximum Gasteiger partial charge on any atom is 0.419 e. The van der Waals surface area contributed by atoms with Crippen molar-refractivity contribution in [3.05, 3.63) is 35.5 Å². The van der Waals surface area contributed by atoms with Gasteiger partial charge in [0.1, 0.15) is 11.2 Å². The third-order valence-corrected chi connectivity index (χ3v) is 11.5. The van der Waals surface area contributed by atoms with Crippen LogP contribution in [0.25, 0.3) is 0 Å². The summed E-state index contributed by atoms with van der Waals surface area (Å²) >= 11 is 0. The van der Waals surface area contributed by atoms with Crippen LogP contribution in [0, 0.1) is 0 Å². The first-order chi connectivity index (χ1) is 16.6. The van der Waals surface area contributed by atoms with Gasteiger partial charge < -0.3 is 9.16 Å². The highest BCUT2D eigenvalue weighted by atomic mass is 28.4. The summed E-state index contributed by atoms with van der Waals surface area (Å²) < 4.78 is 52.9. The number of methoxy groups -OCH3 is 1. The molecule has 0 aliphatic heterocycles. The van der Waals surface area contributed by atoms with Crippen molar-refractivity contribution in [2.45, 2.75) is 122 Å². The fraction of sp³-hybridized carbons (Fsp3) is 0.714.